The van der Waals surface area contributed by atoms with Crippen LogP contribution < -0.4 is 10.6 Å². The van der Waals surface area contributed by atoms with Crippen LogP contribution >= 0.6 is 0 Å². The number of non-ortho nitro benzene ring substituents is 1. The Labute approximate surface area is 167 Å². The summed E-state index contributed by atoms with van der Waals surface area (Å²) in [6, 6.07) is 14.6. The zero-order valence-electron chi connectivity index (χ0n) is 15.8. The number of carbonyl (C=O) groups excluding carboxylic acids is 3. The first kappa shape index (κ1) is 21.5. The van der Waals surface area contributed by atoms with E-state index in [0.717, 1.165) is 5.56 Å². The molecular formula is C20H21N3O6. The molecule has 0 saturated heterocycles. The molecule has 2 aromatic carbocycles. The molecule has 2 amide bonds. The van der Waals surface area contributed by atoms with Crippen LogP contribution in [0.1, 0.15) is 31.4 Å². The summed E-state index contributed by atoms with van der Waals surface area (Å²) in [6.45, 7) is 1.37. The topological polar surface area (TPSA) is 128 Å². The predicted octanol–water partition coefficient (Wildman–Crippen LogP) is 2.73. The summed E-state index contributed by atoms with van der Waals surface area (Å²) < 4.78 is 4.87. The Morgan fingerprint density at radius 2 is 1.76 bits per heavy atom. The van der Waals surface area contributed by atoms with Crippen molar-refractivity contribution in [1.29, 1.82) is 0 Å². The fourth-order valence-electron chi connectivity index (χ4n) is 2.46. The van der Waals surface area contributed by atoms with Crippen molar-refractivity contribution in [2.75, 3.05) is 11.9 Å². The van der Waals surface area contributed by atoms with Crippen molar-refractivity contribution in [3.63, 3.8) is 0 Å². The Balaban J connectivity index is 1.70. The van der Waals surface area contributed by atoms with Crippen molar-refractivity contribution in [3.8, 4) is 0 Å². The van der Waals surface area contributed by atoms with Crippen molar-refractivity contribution < 1.29 is 24.0 Å². The van der Waals surface area contributed by atoms with Crippen LogP contribution in [0.2, 0.25) is 0 Å². The fraction of sp³-hybridized carbons (Fsp3) is 0.250. The SMILES string of the molecule is C[C@@H](NC(=O)COC(=O)CCC(=O)Nc1cccc([N+](=O)[O-])c1)c1ccccc1. The molecule has 0 aliphatic carbocycles. The molecule has 0 bridgehead atoms. The lowest BCUT2D eigenvalue weighted by molar-refractivity contribution is -0.384. The summed E-state index contributed by atoms with van der Waals surface area (Å²) in [6.07, 6.45) is -0.397. The number of anilines is 1. The Morgan fingerprint density at radius 1 is 1.03 bits per heavy atom. The predicted molar refractivity (Wildman–Crippen MR) is 105 cm³/mol. The van der Waals surface area contributed by atoms with E-state index in [1.54, 1.807) is 0 Å². The first-order valence-electron chi connectivity index (χ1n) is 8.89. The van der Waals surface area contributed by atoms with E-state index < -0.39 is 29.3 Å². The number of nitrogens with one attached hydrogen (secondary N) is 2. The molecule has 0 spiro atoms. The van der Waals surface area contributed by atoms with Crippen molar-refractivity contribution in [2.24, 2.45) is 0 Å². The van der Waals surface area contributed by atoms with Gasteiger partial charge < -0.3 is 15.4 Å². The fourth-order valence-corrected chi connectivity index (χ4v) is 2.46. The third-order valence-corrected chi connectivity index (χ3v) is 3.94. The minimum atomic E-state index is -0.693. The van der Waals surface area contributed by atoms with Gasteiger partial charge in [-0.1, -0.05) is 36.4 Å². The van der Waals surface area contributed by atoms with Crippen molar-refractivity contribution in [1.82, 2.24) is 5.32 Å². The van der Waals surface area contributed by atoms with Crippen LogP contribution in [0.3, 0.4) is 0 Å². The smallest absolute Gasteiger partial charge is 0.306 e. The molecule has 152 valence electrons. The van der Waals surface area contributed by atoms with E-state index in [4.69, 9.17) is 4.74 Å². The van der Waals surface area contributed by atoms with Crippen LogP contribution in [-0.2, 0) is 19.1 Å². The van der Waals surface area contributed by atoms with Gasteiger partial charge in [0, 0.05) is 24.2 Å². The molecule has 0 fully saturated rings. The monoisotopic (exact) mass is 399 g/mol. The van der Waals surface area contributed by atoms with Gasteiger partial charge in [-0.15, -0.1) is 0 Å². The second-order valence-corrected chi connectivity index (χ2v) is 6.22. The average molecular weight is 399 g/mol. The molecule has 0 aromatic heterocycles. The number of esters is 1. The Morgan fingerprint density at radius 3 is 2.45 bits per heavy atom. The molecule has 0 unspecified atom stereocenters. The lowest BCUT2D eigenvalue weighted by atomic mass is 10.1. The van der Waals surface area contributed by atoms with E-state index in [0.29, 0.717) is 0 Å². The number of nitro benzene ring substituents is 1. The van der Waals surface area contributed by atoms with Gasteiger partial charge in [-0.25, -0.2) is 0 Å². The Kier molecular flexibility index (Phi) is 7.84. The molecule has 2 rings (SSSR count). The van der Waals surface area contributed by atoms with E-state index in [2.05, 4.69) is 10.6 Å². The van der Waals surface area contributed by atoms with Gasteiger partial charge in [0.1, 0.15) is 0 Å². The van der Waals surface area contributed by atoms with Gasteiger partial charge in [0.2, 0.25) is 5.91 Å². The van der Waals surface area contributed by atoms with Crippen molar-refractivity contribution in [2.45, 2.75) is 25.8 Å². The van der Waals surface area contributed by atoms with E-state index in [1.807, 2.05) is 37.3 Å². The molecule has 1 atom stereocenters. The molecule has 0 aliphatic heterocycles. The van der Waals surface area contributed by atoms with Crippen molar-refractivity contribution in [3.05, 3.63) is 70.3 Å². The summed E-state index contributed by atoms with van der Waals surface area (Å²) in [4.78, 5) is 45.6. The molecule has 0 saturated carbocycles. The molecule has 2 N–H and O–H groups in total. The van der Waals surface area contributed by atoms with Gasteiger partial charge in [-0.2, -0.15) is 0 Å². The maximum atomic E-state index is 11.9. The van der Waals surface area contributed by atoms with Crippen molar-refractivity contribution >= 4 is 29.2 Å². The highest BCUT2D eigenvalue weighted by molar-refractivity contribution is 5.93. The van der Waals surface area contributed by atoms with Gasteiger partial charge in [-0.3, -0.25) is 24.5 Å². The molecule has 29 heavy (non-hydrogen) atoms. The number of hydrogen-bond donors (Lipinski definition) is 2. The van der Waals surface area contributed by atoms with Gasteiger partial charge in [0.05, 0.1) is 17.4 Å². The number of carbonyl (C=O) groups is 3. The van der Waals surface area contributed by atoms with Gasteiger partial charge in [0.25, 0.3) is 11.6 Å². The number of hydrogen-bond acceptors (Lipinski definition) is 6. The summed E-state index contributed by atoms with van der Waals surface area (Å²) >= 11 is 0. The van der Waals surface area contributed by atoms with Crippen LogP contribution in [0, 0.1) is 10.1 Å². The first-order chi connectivity index (χ1) is 13.8. The number of nitro groups is 1. The van der Waals surface area contributed by atoms with E-state index in [9.17, 15) is 24.5 Å². The molecule has 0 radical (unpaired) electrons. The van der Waals surface area contributed by atoms with Gasteiger partial charge in [-0.05, 0) is 18.6 Å². The summed E-state index contributed by atoms with van der Waals surface area (Å²) in [5.74, 6) is -1.64. The highest BCUT2D eigenvalue weighted by Crippen LogP contribution is 2.17. The first-order valence-corrected chi connectivity index (χ1v) is 8.89. The molecule has 2 aromatic rings. The lowest BCUT2D eigenvalue weighted by Crippen LogP contribution is -2.31. The van der Waals surface area contributed by atoms with Crippen LogP contribution in [-0.4, -0.2) is 29.3 Å². The Hall–Kier alpha value is -3.75. The van der Waals surface area contributed by atoms with Crippen LogP contribution in [0.5, 0.6) is 0 Å². The summed E-state index contributed by atoms with van der Waals surface area (Å²) in [7, 11) is 0. The summed E-state index contributed by atoms with van der Waals surface area (Å²) in [5, 5.41) is 15.9. The highest BCUT2D eigenvalue weighted by atomic mass is 16.6. The van der Waals surface area contributed by atoms with Gasteiger partial charge in [0.15, 0.2) is 6.61 Å². The molecule has 0 heterocycles. The average Bonchev–Trinajstić information content (AvgIpc) is 2.71. The van der Waals surface area contributed by atoms with E-state index in [1.165, 1.54) is 24.3 Å². The number of nitrogens with zero attached hydrogens (tertiary/aromatic N) is 1. The highest BCUT2D eigenvalue weighted by Gasteiger charge is 2.14. The summed E-state index contributed by atoms with van der Waals surface area (Å²) in [5.41, 5.74) is 1.02. The minimum Gasteiger partial charge on any atom is -0.456 e. The third-order valence-electron chi connectivity index (χ3n) is 3.94. The number of ether oxygens (including phenoxy) is 1. The third kappa shape index (κ3) is 7.41. The number of benzene rings is 2. The standard InChI is InChI=1S/C20H21N3O6/c1-14(15-6-3-2-4-7-15)21-19(25)13-29-20(26)11-10-18(24)22-16-8-5-9-17(12-16)23(27)28/h2-9,12,14H,10-11,13H2,1H3,(H,21,25)(H,22,24)/t14-/m1/s1. The number of rotatable bonds is 9. The quantitative estimate of drug-likeness (QED) is 0.379. The Bertz CT molecular complexity index is 885. The van der Waals surface area contributed by atoms with Gasteiger partial charge >= 0.3 is 5.97 Å². The van der Waals surface area contributed by atoms with Crippen LogP contribution in [0.15, 0.2) is 54.6 Å². The van der Waals surface area contributed by atoms with Crippen LogP contribution in [0.4, 0.5) is 11.4 Å². The molecule has 9 nitrogen and oxygen atoms in total. The maximum Gasteiger partial charge on any atom is 0.306 e. The second-order valence-electron chi connectivity index (χ2n) is 6.22. The largest absolute Gasteiger partial charge is 0.456 e. The normalized spacial score (nSPS) is 11.2. The zero-order valence-corrected chi connectivity index (χ0v) is 15.8. The molecular weight excluding hydrogens is 378 g/mol. The minimum absolute atomic E-state index is 0.155. The van der Waals surface area contributed by atoms with Crippen LogP contribution in [0.25, 0.3) is 0 Å². The number of amides is 2. The zero-order chi connectivity index (χ0) is 21.2. The molecule has 9 heteroatoms. The lowest BCUT2D eigenvalue weighted by Gasteiger charge is -2.14. The second kappa shape index (κ2) is 10.5. The van der Waals surface area contributed by atoms with E-state index >= 15 is 0 Å². The van der Waals surface area contributed by atoms with E-state index in [-0.39, 0.29) is 30.3 Å². The molecule has 0 aliphatic rings. The maximum absolute atomic E-state index is 11.9.